The van der Waals surface area contributed by atoms with Crippen LogP contribution in [0.15, 0.2) is 4.99 Å². The predicted molar refractivity (Wildman–Crippen MR) is 30.4 cm³/mol. The second kappa shape index (κ2) is 2.26. The molecule has 0 aromatic carbocycles. The van der Waals surface area contributed by atoms with Gasteiger partial charge in [-0.1, -0.05) is 11.8 Å². The summed E-state index contributed by atoms with van der Waals surface area (Å²) in [6.45, 7) is 0. The highest BCUT2D eigenvalue weighted by atomic mass is 32.2. The molecule has 1 amide bonds. The fourth-order valence-corrected chi connectivity index (χ4v) is 0.931. The van der Waals surface area contributed by atoms with Crippen molar-refractivity contribution in [3.05, 3.63) is 5.75 Å². The zero-order valence-electron chi connectivity index (χ0n) is 4.47. The molecule has 0 spiro atoms. The Labute approximate surface area is 58.5 Å². The van der Waals surface area contributed by atoms with Crippen molar-refractivity contribution in [1.82, 2.24) is 0 Å². The number of aliphatic imine (C=N–C) groups is 1. The Morgan fingerprint density at radius 1 is 1.50 bits per heavy atom. The molecule has 1 heterocycles. The van der Waals surface area contributed by atoms with Gasteiger partial charge in [0.15, 0.2) is 5.04 Å². The largest absolute Gasteiger partial charge is 0.439 e. The van der Waals surface area contributed by atoms with Gasteiger partial charge in [0, 0.05) is 0 Å². The SMILES string of the molecule is O=C1[CH]SC(C(F)(F)F)=N1. The van der Waals surface area contributed by atoms with E-state index in [0.29, 0.717) is 11.8 Å². The third-order valence-corrected chi connectivity index (χ3v) is 1.59. The summed E-state index contributed by atoms with van der Waals surface area (Å²) in [6.07, 6.45) is -4.48. The lowest BCUT2D eigenvalue weighted by Crippen LogP contribution is -2.17. The monoisotopic (exact) mass is 168 g/mol. The minimum Gasteiger partial charge on any atom is -0.271 e. The normalized spacial score (nSPS) is 19.5. The minimum absolute atomic E-state index is 0.308. The van der Waals surface area contributed by atoms with Crippen molar-refractivity contribution >= 4 is 22.7 Å². The predicted octanol–water partition coefficient (Wildman–Crippen LogP) is 1.38. The van der Waals surface area contributed by atoms with Gasteiger partial charge in [-0.3, -0.25) is 4.79 Å². The van der Waals surface area contributed by atoms with Crippen LogP contribution in [0.25, 0.3) is 0 Å². The second-order valence-electron chi connectivity index (χ2n) is 1.49. The van der Waals surface area contributed by atoms with E-state index in [-0.39, 0.29) is 0 Å². The number of rotatable bonds is 0. The van der Waals surface area contributed by atoms with E-state index < -0.39 is 17.1 Å². The highest BCUT2D eigenvalue weighted by molar-refractivity contribution is 8.17. The van der Waals surface area contributed by atoms with Crippen LogP contribution in [0.5, 0.6) is 0 Å². The highest BCUT2D eigenvalue weighted by Gasteiger charge is 2.39. The average molecular weight is 168 g/mol. The Bertz CT molecular complexity index is 197. The minimum atomic E-state index is -4.48. The zero-order valence-corrected chi connectivity index (χ0v) is 5.29. The van der Waals surface area contributed by atoms with Crippen LogP contribution in [0.1, 0.15) is 0 Å². The first kappa shape index (κ1) is 7.59. The molecule has 0 aromatic rings. The topological polar surface area (TPSA) is 29.4 Å². The smallest absolute Gasteiger partial charge is 0.271 e. The van der Waals surface area contributed by atoms with Gasteiger partial charge in [0.05, 0.1) is 0 Å². The summed E-state index contributed by atoms with van der Waals surface area (Å²) in [6, 6.07) is 0. The molecule has 0 aromatic heterocycles. The average Bonchev–Trinajstić information content (AvgIpc) is 2.11. The van der Waals surface area contributed by atoms with Gasteiger partial charge in [-0.2, -0.15) is 13.2 Å². The molecule has 0 bridgehead atoms. The van der Waals surface area contributed by atoms with E-state index in [1.54, 1.807) is 0 Å². The summed E-state index contributed by atoms with van der Waals surface area (Å²) in [5.41, 5.74) is 0. The molecule has 0 unspecified atom stereocenters. The van der Waals surface area contributed by atoms with Crippen LogP contribution in [-0.2, 0) is 4.79 Å². The molecule has 0 atom stereocenters. The maximum Gasteiger partial charge on any atom is 0.439 e. The van der Waals surface area contributed by atoms with Crippen molar-refractivity contribution < 1.29 is 18.0 Å². The van der Waals surface area contributed by atoms with Gasteiger partial charge in [0.25, 0.3) is 5.91 Å². The van der Waals surface area contributed by atoms with Gasteiger partial charge in [-0.05, 0) is 0 Å². The fraction of sp³-hybridized carbons (Fsp3) is 0.250. The Morgan fingerprint density at radius 3 is 2.30 bits per heavy atom. The number of halogens is 3. The molecule has 0 saturated carbocycles. The molecule has 2 nitrogen and oxygen atoms in total. The van der Waals surface area contributed by atoms with Gasteiger partial charge in [-0.15, -0.1) is 0 Å². The number of thioether (sulfide) groups is 1. The molecule has 0 aliphatic carbocycles. The molecule has 6 heteroatoms. The second-order valence-corrected chi connectivity index (χ2v) is 2.35. The molecule has 0 N–H and O–H groups in total. The van der Waals surface area contributed by atoms with E-state index in [0.717, 1.165) is 5.75 Å². The quantitative estimate of drug-likeness (QED) is 0.546. The number of alkyl halides is 3. The summed E-state index contributed by atoms with van der Waals surface area (Å²) in [7, 11) is 0. The van der Waals surface area contributed by atoms with Gasteiger partial charge in [-0.25, -0.2) is 4.99 Å². The molecular weight excluding hydrogens is 167 g/mol. The lowest BCUT2D eigenvalue weighted by Gasteiger charge is -2.01. The number of hydrogen-bond acceptors (Lipinski definition) is 2. The first-order chi connectivity index (χ1) is 4.50. The van der Waals surface area contributed by atoms with Crippen molar-refractivity contribution in [2.75, 3.05) is 0 Å². The standard InChI is InChI=1S/C4HF3NOS/c5-4(6,7)3-8-2(9)1-10-3/h1H. The first-order valence-electron chi connectivity index (χ1n) is 2.20. The molecule has 1 radical (unpaired) electrons. The molecule has 55 valence electrons. The van der Waals surface area contributed by atoms with E-state index in [1.807, 2.05) is 0 Å². The van der Waals surface area contributed by atoms with Crippen LogP contribution < -0.4 is 0 Å². The van der Waals surface area contributed by atoms with Crippen LogP contribution >= 0.6 is 11.8 Å². The Morgan fingerprint density at radius 2 is 2.10 bits per heavy atom. The number of amides is 1. The van der Waals surface area contributed by atoms with Crippen molar-refractivity contribution in [2.24, 2.45) is 4.99 Å². The molecular formula is C4HF3NOS. The summed E-state index contributed by atoms with van der Waals surface area (Å²) < 4.78 is 34.8. The van der Waals surface area contributed by atoms with Gasteiger partial charge >= 0.3 is 6.18 Å². The van der Waals surface area contributed by atoms with Crippen molar-refractivity contribution in [1.29, 1.82) is 0 Å². The van der Waals surface area contributed by atoms with Crippen molar-refractivity contribution in [3.63, 3.8) is 0 Å². The van der Waals surface area contributed by atoms with Crippen molar-refractivity contribution in [2.45, 2.75) is 6.18 Å². The molecule has 0 saturated heterocycles. The number of carbonyl (C=O) groups excluding carboxylic acids is 1. The first-order valence-corrected chi connectivity index (χ1v) is 3.08. The maximum atomic E-state index is 11.6. The van der Waals surface area contributed by atoms with Crippen LogP contribution in [0, 0.1) is 5.75 Å². The van der Waals surface area contributed by atoms with E-state index in [4.69, 9.17) is 0 Å². The molecule has 10 heavy (non-hydrogen) atoms. The third-order valence-electron chi connectivity index (χ3n) is 0.726. The highest BCUT2D eigenvalue weighted by Crippen LogP contribution is 2.30. The number of nitrogens with zero attached hydrogens (tertiary/aromatic N) is 1. The molecule has 1 aliphatic heterocycles. The Hall–Kier alpha value is -0.520. The van der Waals surface area contributed by atoms with E-state index in [9.17, 15) is 18.0 Å². The van der Waals surface area contributed by atoms with Crippen LogP contribution in [0.2, 0.25) is 0 Å². The lowest BCUT2D eigenvalue weighted by molar-refractivity contribution is -0.114. The Kier molecular flexibility index (Phi) is 1.72. The van der Waals surface area contributed by atoms with Crippen LogP contribution in [-0.4, -0.2) is 17.1 Å². The molecule has 1 aliphatic rings. The van der Waals surface area contributed by atoms with Crippen LogP contribution in [0.4, 0.5) is 13.2 Å². The molecule has 1 rings (SSSR count). The van der Waals surface area contributed by atoms with E-state index in [1.165, 1.54) is 0 Å². The van der Waals surface area contributed by atoms with Gasteiger partial charge in [0.2, 0.25) is 0 Å². The molecule has 0 fully saturated rings. The maximum absolute atomic E-state index is 11.6. The third kappa shape index (κ3) is 1.50. The summed E-state index contributed by atoms with van der Waals surface area (Å²) in [5, 5.41) is -1.09. The number of hydrogen-bond donors (Lipinski definition) is 0. The van der Waals surface area contributed by atoms with Gasteiger partial charge < -0.3 is 0 Å². The number of carbonyl (C=O) groups is 1. The summed E-state index contributed by atoms with van der Waals surface area (Å²) >= 11 is 0.308. The van der Waals surface area contributed by atoms with Gasteiger partial charge in [0.1, 0.15) is 5.75 Å². The Balaban J connectivity index is 2.76. The van der Waals surface area contributed by atoms with Crippen LogP contribution in [0.3, 0.4) is 0 Å². The van der Waals surface area contributed by atoms with E-state index in [2.05, 4.69) is 4.99 Å². The van der Waals surface area contributed by atoms with Crippen molar-refractivity contribution in [3.8, 4) is 0 Å². The zero-order chi connectivity index (χ0) is 7.78. The van der Waals surface area contributed by atoms with E-state index >= 15 is 0 Å². The summed E-state index contributed by atoms with van der Waals surface area (Å²) in [5.74, 6) is -0.0136. The summed E-state index contributed by atoms with van der Waals surface area (Å²) in [4.78, 5) is 12.9. The fourth-order valence-electron chi connectivity index (χ4n) is 0.389. The lowest BCUT2D eigenvalue weighted by atomic mass is 10.7.